The van der Waals surface area contributed by atoms with E-state index in [0.29, 0.717) is 0 Å². The summed E-state index contributed by atoms with van der Waals surface area (Å²) < 4.78 is 5.78. The van der Waals surface area contributed by atoms with E-state index in [9.17, 15) is 0 Å². The van der Waals surface area contributed by atoms with Crippen LogP contribution in [-0.4, -0.2) is 43.3 Å². The summed E-state index contributed by atoms with van der Waals surface area (Å²) in [5.74, 6) is 0.834. The van der Waals surface area contributed by atoms with Crippen molar-refractivity contribution in [1.82, 2.24) is 15.6 Å². The molecular weight excluding hydrogens is 296 g/mol. The minimum absolute atomic E-state index is 0.0555. The molecule has 1 unspecified atom stereocenters. The van der Waals surface area contributed by atoms with Gasteiger partial charge in [0.25, 0.3) is 0 Å². The molecule has 1 aromatic heterocycles. The summed E-state index contributed by atoms with van der Waals surface area (Å²) in [4.78, 5) is 10.3. The van der Waals surface area contributed by atoms with Crippen LogP contribution in [0.15, 0.2) is 4.99 Å². The van der Waals surface area contributed by atoms with Crippen molar-refractivity contribution in [2.75, 3.05) is 26.7 Å². The van der Waals surface area contributed by atoms with E-state index >= 15 is 0 Å². The Labute approximate surface area is 137 Å². The molecule has 0 amide bonds. The van der Waals surface area contributed by atoms with Gasteiger partial charge in [0.1, 0.15) is 0 Å². The Morgan fingerprint density at radius 2 is 2.27 bits per heavy atom. The molecule has 0 saturated carbocycles. The molecule has 2 heterocycles. The number of nitrogens with zero attached hydrogens (tertiary/aromatic N) is 2. The molecule has 2 rings (SSSR count). The van der Waals surface area contributed by atoms with Crippen LogP contribution in [0.3, 0.4) is 0 Å². The number of nitrogens with one attached hydrogen (secondary N) is 2. The molecule has 0 aromatic carbocycles. The number of aryl methyl sites for hydroxylation is 2. The van der Waals surface area contributed by atoms with Crippen molar-refractivity contribution in [3.8, 4) is 0 Å². The molecule has 1 atom stereocenters. The van der Waals surface area contributed by atoms with Gasteiger partial charge < -0.3 is 15.4 Å². The highest BCUT2D eigenvalue weighted by atomic mass is 32.1. The Bertz CT molecular complexity index is 506. The molecule has 1 fully saturated rings. The SMILES string of the molecule is CCc1nc(CCNC(=NC)NCC2(C)CCCO2)sc1C. The summed E-state index contributed by atoms with van der Waals surface area (Å²) in [7, 11) is 1.80. The lowest BCUT2D eigenvalue weighted by atomic mass is 10.0. The minimum atomic E-state index is -0.0555. The number of hydrogen-bond acceptors (Lipinski definition) is 4. The van der Waals surface area contributed by atoms with Crippen molar-refractivity contribution in [3.05, 3.63) is 15.6 Å². The molecule has 6 heteroatoms. The molecule has 1 aliphatic heterocycles. The van der Waals surface area contributed by atoms with E-state index in [0.717, 1.165) is 51.3 Å². The summed E-state index contributed by atoms with van der Waals surface area (Å²) in [6.45, 7) is 8.96. The number of aliphatic imine (C=N–C) groups is 1. The fourth-order valence-electron chi connectivity index (χ4n) is 2.68. The third kappa shape index (κ3) is 4.68. The largest absolute Gasteiger partial charge is 0.373 e. The lowest BCUT2D eigenvalue weighted by Crippen LogP contribution is -2.45. The molecule has 124 valence electrons. The Morgan fingerprint density at radius 1 is 1.45 bits per heavy atom. The summed E-state index contributed by atoms with van der Waals surface area (Å²) in [5.41, 5.74) is 1.17. The molecular formula is C16H28N4OS. The number of ether oxygens (including phenoxy) is 1. The van der Waals surface area contributed by atoms with Crippen molar-refractivity contribution < 1.29 is 4.74 Å². The summed E-state index contributed by atoms with van der Waals surface area (Å²) in [5, 5.41) is 7.92. The van der Waals surface area contributed by atoms with Gasteiger partial charge in [-0.25, -0.2) is 4.98 Å². The van der Waals surface area contributed by atoms with Gasteiger partial charge in [0.2, 0.25) is 0 Å². The van der Waals surface area contributed by atoms with E-state index < -0.39 is 0 Å². The van der Waals surface area contributed by atoms with Crippen LogP contribution in [0.2, 0.25) is 0 Å². The van der Waals surface area contributed by atoms with Gasteiger partial charge >= 0.3 is 0 Å². The molecule has 22 heavy (non-hydrogen) atoms. The number of thiazole rings is 1. The number of hydrogen-bond donors (Lipinski definition) is 2. The van der Waals surface area contributed by atoms with E-state index in [1.54, 1.807) is 18.4 Å². The Balaban J connectivity index is 1.74. The molecule has 1 aliphatic rings. The number of aromatic nitrogens is 1. The number of rotatable bonds is 6. The highest BCUT2D eigenvalue weighted by Gasteiger charge is 2.29. The van der Waals surface area contributed by atoms with Gasteiger partial charge in [0, 0.05) is 38.0 Å². The maximum absolute atomic E-state index is 5.78. The second-order valence-corrected chi connectivity index (χ2v) is 7.26. The van der Waals surface area contributed by atoms with Gasteiger partial charge in [0.05, 0.1) is 16.3 Å². The molecule has 2 N–H and O–H groups in total. The zero-order valence-corrected chi connectivity index (χ0v) is 15.0. The summed E-state index contributed by atoms with van der Waals surface area (Å²) in [6.07, 6.45) is 4.19. The fourth-order valence-corrected chi connectivity index (χ4v) is 3.70. The standard InChI is InChI=1S/C16H28N4OS/c1-5-13-12(2)22-14(20-13)7-9-18-15(17-4)19-11-16(3)8-6-10-21-16/h5-11H2,1-4H3,(H2,17,18,19). The second-order valence-electron chi connectivity index (χ2n) is 5.97. The van der Waals surface area contributed by atoms with Gasteiger partial charge in [-0.05, 0) is 33.1 Å². The van der Waals surface area contributed by atoms with E-state index in [-0.39, 0.29) is 5.60 Å². The Kier molecular flexibility index (Phi) is 6.20. The highest BCUT2D eigenvalue weighted by molar-refractivity contribution is 7.11. The topological polar surface area (TPSA) is 58.5 Å². The highest BCUT2D eigenvalue weighted by Crippen LogP contribution is 2.23. The minimum Gasteiger partial charge on any atom is -0.373 e. The van der Waals surface area contributed by atoms with Crippen molar-refractivity contribution in [2.24, 2.45) is 4.99 Å². The summed E-state index contributed by atoms with van der Waals surface area (Å²) in [6, 6.07) is 0. The maximum Gasteiger partial charge on any atom is 0.191 e. The molecule has 0 spiro atoms. The van der Waals surface area contributed by atoms with Crippen LogP contribution in [0.25, 0.3) is 0 Å². The van der Waals surface area contributed by atoms with E-state index in [1.807, 2.05) is 0 Å². The van der Waals surface area contributed by atoms with E-state index in [1.165, 1.54) is 15.6 Å². The Morgan fingerprint density at radius 3 is 2.86 bits per heavy atom. The zero-order chi connectivity index (χ0) is 16.0. The van der Waals surface area contributed by atoms with Crippen LogP contribution in [0, 0.1) is 6.92 Å². The summed E-state index contributed by atoms with van der Waals surface area (Å²) >= 11 is 1.80. The van der Waals surface area contributed by atoms with E-state index in [2.05, 4.69) is 41.4 Å². The molecule has 1 saturated heterocycles. The van der Waals surface area contributed by atoms with Crippen LogP contribution in [0.5, 0.6) is 0 Å². The van der Waals surface area contributed by atoms with Gasteiger partial charge in [-0.3, -0.25) is 4.99 Å². The molecule has 5 nitrogen and oxygen atoms in total. The monoisotopic (exact) mass is 324 g/mol. The molecule has 1 aromatic rings. The van der Waals surface area contributed by atoms with Crippen LogP contribution in [-0.2, 0) is 17.6 Å². The first kappa shape index (κ1) is 17.2. The van der Waals surface area contributed by atoms with Crippen LogP contribution in [0.1, 0.15) is 42.3 Å². The van der Waals surface area contributed by atoms with Crippen molar-refractivity contribution in [2.45, 2.75) is 52.1 Å². The van der Waals surface area contributed by atoms with Crippen molar-refractivity contribution in [3.63, 3.8) is 0 Å². The van der Waals surface area contributed by atoms with Gasteiger partial charge in [-0.15, -0.1) is 11.3 Å². The third-order valence-corrected chi connectivity index (χ3v) is 5.13. The lowest BCUT2D eigenvalue weighted by Gasteiger charge is -2.24. The Hall–Kier alpha value is -1.14. The van der Waals surface area contributed by atoms with Gasteiger partial charge in [0.15, 0.2) is 5.96 Å². The fraction of sp³-hybridized carbons (Fsp3) is 0.750. The normalized spacial score (nSPS) is 22.1. The average Bonchev–Trinajstić information content (AvgIpc) is 3.09. The lowest BCUT2D eigenvalue weighted by molar-refractivity contribution is 0.0243. The first-order valence-corrected chi connectivity index (χ1v) is 8.91. The van der Waals surface area contributed by atoms with Crippen LogP contribution < -0.4 is 10.6 Å². The van der Waals surface area contributed by atoms with Gasteiger partial charge in [-0.1, -0.05) is 6.92 Å². The zero-order valence-electron chi connectivity index (χ0n) is 14.2. The van der Waals surface area contributed by atoms with Crippen LogP contribution >= 0.6 is 11.3 Å². The third-order valence-electron chi connectivity index (χ3n) is 4.06. The first-order chi connectivity index (χ1) is 10.6. The maximum atomic E-state index is 5.78. The first-order valence-electron chi connectivity index (χ1n) is 8.10. The second kappa shape index (κ2) is 7.92. The van der Waals surface area contributed by atoms with Crippen LogP contribution in [0.4, 0.5) is 0 Å². The van der Waals surface area contributed by atoms with Gasteiger partial charge in [-0.2, -0.15) is 0 Å². The number of guanidine groups is 1. The predicted octanol–water partition coefficient (Wildman–Crippen LogP) is 2.29. The molecule has 0 bridgehead atoms. The average molecular weight is 324 g/mol. The quantitative estimate of drug-likeness (QED) is 0.623. The molecule has 0 aliphatic carbocycles. The molecule has 0 radical (unpaired) electrons. The van der Waals surface area contributed by atoms with Crippen molar-refractivity contribution in [1.29, 1.82) is 0 Å². The van der Waals surface area contributed by atoms with E-state index in [4.69, 9.17) is 4.74 Å². The van der Waals surface area contributed by atoms with Crippen molar-refractivity contribution >= 4 is 17.3 Å². The smallest absolute Gasteiger partial charge is 0.191 e. The predicted molar refractivity (Wildman–Crippen MR) is 92.9 cm³/mol.